The van der Waals surface area contributed by atoms with Crippen LogP contribution in [0.25, 0.3) is 0 Å². The molecule has 8 heteroatoms. The van der Waals surface area contributed by atoms with E-state index in [0.717, 1.165) is 31.2 Å². The van der Waals surface area contributed by atoms with Gasteiger partial charge in [-0.1, -0.05) is 30.5 Å². The maximum atomic E-state index is 13.1. The average Bonchev–Trinajstić information content (AvgIpc) is 2.99. The molecule has 6 nitrogen and oxygen atoms in total. The zero-order valence-electron chi connectivity index (χ0n) is 16.6. The number of rotatable bonds is 5. The highest BCUT2D eigenvalue weighted by Crippen LogP contribution is 2.28. The van der Waals surface area contributed by atoms with Gasteiger partial charge in [0.2, 0.25) is 0 Å². The van der Waals surface area contributed by atoms with Crippen LogP contribution in [0.1, 0.15) is 41.6 Å². The summed E-state index contributed by atoms with van der Waals surface area (Å²) in [4.78, 5) is 14.9. The number of halogens is 1. The first-order chi connectivity index (χ1) is 13.8. The number of ether oxygens (including phenoxy) is 1. The van der Waals surface area contributed by atoms with E-state index in [0.29, 0.717) is 29.5 Å². The van der Waals surface area contributed by atoms with Crippen LogP contribution in [0.5, 0.6) is 5.75 Å². The number of carbonyl (C=O) groups is 1. The van der Waals surface area contributed by atoms with Crippen molar-refractivity contribution in [3.05, 3.63) is 52.5 Å². The number of carbonyl (C=O) groups excluding carboxylic acids is 1. The third-order valence-corrected chi connectivity index (χ3v) is 6.65. The Balaban J connectivity index is 1.94. The molecule has 0 aliphatic carbocycles. The highest BCUT2D eigenvalue weighted by molar-refractivity contribution is 7.92. The Morgan fingerprint density at radius 2 is 1.76 bits per heavy atom. The zero-order valence-corrected chi connectivity index (χ0v) is 18.1. The standard InChI is InChI=1S/C21H25ClN2O4S/c1-15-7-8-16(22)13-19(15)23-29(26,27)17-9-10-20(28-2)18(14-17)21(25)24-11-5-3-4-6-12-24/h7-10,13-14,23H,3-6,11-12H2,1-2H3. The van der Waals surface area contributed by atoms with Crippen LogP contribution in [0.2, 0.25) is 5.02 Å². The first-order valence-electron chi connectivity index (χ1n) is 9.58. The summed E-state index contributed by atoms with van der Waals surface area (Å²) >= 11 is 6.00. The number of aryl methyl sites for hydroxylation is 1. The number of nitrogens with zero attached hydrogens (tertiary/aromatic N) is 1. The fourth-order valence-electron chi connectivity index (χ4n) is 3.37. The molecule has 29 heavy (non-hydrogen) atoms. The van der Waals surface area contributed by atoms with E-state index < -0.39 is 10.0 Å². The summed E-state index contributed by atoms with van der Waals surface area (Å²) in [7, 11) is -2.44. The molecule has 1 aliphatic rings. The van der Waals surface area contributed by atoms with Gasteiger partial charge in [-0.05, 0) is 55.7 Å². The normalized spacial score (nSPS) is 14.9. The number of benzene rings is 2. The minimum atomic E-state index is -3.91. The molecular formula is C21H25ClN2O4S. The van der Waals surface area contributed by atoms with Gasteiger partial charge in [0.05, 0.1) is 23.3 Å². The summed E-state index contributed by atoms with van der Waals surface area (Å²) in [5.41, 5.74) is 1.39. The molecule has 0 spiro atoms. The third-order valence-electron chi connectivity index (χ3n) is 5.05. The number of methoxy groups -OCH3 is 1. The van der Waals surface area contributed by atoms with Crippen molar-refractivity contribution in [2.75, 3.05) is 24.9 Å². The summed E-state index contributed by atoms with van der Waals surface area (Å²) in [6.07, 6.45) is 4.08. The predicted octanol–water partition coefficient (Wildman–Crippen LogP) is 4.47. The number of likely N-dealkylation sites (tertiary alicyclic amines) is 1. The Labute approximate surface area is 176 Å². The summed E-state index contributed by atoms with van der Waals surface area (Å²) in [6, 6.07) is 9.32. The van der Waals surface area contributed by atoms with E-state index in [4.69, 9.17) is 16.3 Å². The molecule has 0 aromatic heterocycles. The fraction of sp³-hybridized carbons (Fsp3) is 0.381. The molecule has 1 aliphatic heterocycles. The van der Waals surface area contributed by atoms with E-state index in [1.807, 2.05) is 0 Å². The Morgan fingerprint density at radius 1 is 1.07 bits per heavy atom. The Hall–Kier alpha value is -2.25. The van der Waals surface area contributed by atoms with Gasteiger partial charge in [-0.25, -0.2) is 8.42 Å². The Kier molecular flexibility index (Phi) is 6.70. The molecule has 3 rings (SSSR count). The molecule has 0 saturated carbocycles. The quantitative estimate of drug-likeness (QED) is 0.750. The molecule has 1 fully saturated rings. The van der Waals surface area contributed by atoms with Gasteiger partial charge in [-0.3, -0.25) is 9.52 Å². The Morgan fingerprint density at radius 3 is 2.41 bits per heavy atom. The van der Waals surface area contributed by atoms with Crippen LogP contribution in [0.3, 0.4) is 0 Å². The van der Waals surface area contributed by atoms with Crippen molar-refractivity contribution >= 4 is 33.2 Å². The first-order valence-corrected chi connectivity index (χ1v) is 11.4. The van der Waals surface area contributed by atoms with Crippen molar-refractivity contribution in [1.29, 1.82) is 0 Å². The smallest absolute Gasteiger partial charge is 0.261 e. The lowest BCUT2D eigenvalue weighted by atomic mass is 10.1. The van der Waals surface area contributed by atoms with Crippen LogP contribution in [-0.2, 0) is 10.0 Å². The second-order valence-corrected chi connectivity index (χ2v) is 9.25. The number of amides is 1. The van der Waals surface area contributed by atoms with Crippen molar-refractivity contribution in [3.8, 4) is 5.75 Å². The van der Waals surface area contributed by atoms with E-state index in [2.05, 4.69) is 4.72 Å². The maximum Gasteiger partial charge on any atom is 0.261 e. The van der Waals surface area contributed by atoms with E-state index in [1.165, 1.54) is 25.3 Å². The molecule has 2 aromatic carbocycles. The number of anilines is 1. The molecule has 1 heterocycles. The molecule has 1 saturated heterocycles. The summed E-state index contributed by atoms with van der Waals surface area (Å²) in [5, 5.41) is 0.431. The molecule has 0 bridgehead atoms. The third kappa shape index (κ3) is 5.03. The van der Waals surface area contributed by atoms with Crippen LogP contribution in [0, 0.1) is 6.92 Å². The minimum Gasteiger partial charge on any atom is -0.496 e. The fourth-order valence-corrected chi connectivity index (χ4v) is 4.69. The van der Waals surface area contributed by atoms with E-state index in [1.54, 1.807) is 30.0 Å². The number of sulfonamides is 1. The van der Waals surface area contributed by atoms with E-state index in [9.17, 15) is 13.2 Å². The lowest BCUT2D eigenvalue weighted by molar-refractivity contribution is 0.0758. The highest BCUT2D eigenvalue weighted by Gasteiger charge is 2.24. The van der Waals surface area contributed by atoms with E-state index >= 15 is 0 Å². The summed E-state index contributed by atoms with van der Waals surface area (Å²) < 4.78 is 33.8. The van der Waals surface area contributed by atoms with Crippen molar-refractivity contribution < 1.29 is 17.9 Å². The second-order valence-electron chi connectivity index (χ2n) is 7.13. The van der Waals surface area contributed by atoms with Gasteiger partial charge in [-0.15, -0.1) is 0 Å². The van der Waals surface area contributed by atoms with Crippen molar-refractivity contribution in [1.82, 2.24) is 4.90 Å². The molecule has 1 N–H and O–H groups in total. The maximum absolute atomic E-state index is 13.1. The lowest BCUT2D eigenvalue weighted by Gasteiger charge is -2.22. The van der Waals surface area contributed by atoms with Crippen LogP contribution >= 0.6 is 11.6 Å². The summed E-state index contributed by atoms with van der Waals surface area (Å²) in [6.45, 7) is 3.12. The molecular weight excluding hydrogens is 412 g/mol. The highest BCUT2D eigenvalue weighted by atomic mass is 35.5. The van der Waals surface area contributed by atoms with Gasteiger partial charge < -0.3 is 9.64 Å². The number of hydrogen-bond donors (Lipinski definition) is 1. The Bertz CT molecular complexity index is 1000. The van der Waals surface area contributed by atoms with Crippen molar-refractivity contribution in [2.24, 2.45) is 0 Å². The molecule has 1 amide bonds. The van der Waals surface area contributed by atoms with Crippen LogP contribution < -0.4 is 9.46 Å². The van der Waals surface area contributed by atoms with E-state index in [-0.39, 0.29) is 16.4 Å². The number of hydrogen-bond acceptors (Lipinski definition) is 4. The topological polar surface area (TPSA) is 75.7 Å². The van der Waals surface area contributed by atoms with Gasteiger partial charge in [0.25, 0.3) is 15.9 Å². The van der Waals surface area contributed by atoms with Gasteiger partial charge >= 0.3 is 0 Å². The lowest BCUT2D eigenvalue weighted by Crippen LogP contribution is -2.32. The van der Waals surface area contributed by atoms with Gasteiger partial charge in [-0.2, -0.15) is 0 Å². The SMILES string of the molecule is COc1ccc(S(=O)(=O)Nc2cc(Cl)ccc2C)cc1C(=O)N1CCCCCC1. The van der Waals surface area contributed by atoms with Crippen LogP contribution in [0.4, 0.5) is 5.69 Å². The zero-order chi connectivity index (χ0) is 21.0. The monoisotopic (exact) mass is 436 g/mol. The minimum absolute atomic E-state index is 0.00384. The molecule has 0 unspecified atom stereocenters. The largest absolute Gasteiger partial charge is 0.496 e. The molecule has 0 atom stereocenters. The molecule has 2 aromatic rings. The second kappa shape index (κ2) is 9.05. The van der Waals surface area contributed by atoms with Crippen molar-refractivity contribution in [2.45, 2.75) is 37.5 Å². The number of nitrogens with one attached hydrogen (secondary N) is 1. The van der Waals surface area contributed by atoms with Gasteiger partial charge in [0, 0.05) is 18.1 Å². The first kappa shape index (κ1) is 21.5. The molecule has 156 valence electrons. The van der Waals surface area contributed by atoms with Gasteiger partial charge in [0.1, 0.15) is 5.75 Å². The predicted molar refractivity (Wildman–Crippen MR) is 114 cm³/mol. The average molecular weight is 437 g/mol. The van der Waals surface area contributed by atoms with Crippen LogP contribution in [-0.4, -0.2) is 39.4 Å². The van der Waals surface area contributed by atoms with Crippen molar-refractivity contribution in [3.63, 3.8) is 0 Å². The molecule has 0 radical (unpaired) electrons. The van der Waals surface area contributed by atoms with Crippen LogP contribution in [0.15, 0.2) is 41.3 Å². The van der Waals surface area contributed by atoms with Gasteiger partial charge in [0.15, 0.2) is 0 Å². The summed E-state index contributed by atoms with van der Waals surface area (Å²) in [5.74, 6) is 0.150.